The number of pyridine rings is 5. The van der Waals surface area contributed by atoms with Crippen LogP contribution in [0.4, 0.5) is 0 Å². The number of unbranched alkanes of at least 4 members (excludes halogenated alkanes) is 6. The summed E-state index contributed by atoms with van der Waals surface area (Å²) in [6.07, 6.45) is 19.5. The highest BCUT2D eigenvalue weighted by Gasteiger charge is 2.18. The lowest BCUT2D eigenvalue weighted by atomic mass is 9.97. The number of furan rings is 2. The number of fused-ring (bicyclic) bond motifs is 6. The molecule has 0 fully saturated rings. The molecule has 10 aromatic rings. The second kappa shape index (κ2) is 18.8. The Labute approximate surface area is 374 Å². The number of aromatic nitrogens is 5. The van der Waals surface area contributed by atoms with Crippen LogP contribution < -0.4 is 0 Å². The van der Waals surface area contributed by atoms with Crippen molar-refractivity contribution in [2.75, 3.05) is 0 Å². The standard InChI is InChI=1S/C57H53N5O2/c1-38-21-29-46-45-18-13-19-47(54(45)63-56(46)61-38)51-32-25-42(37-60-51)16-9-4-3-8-15-41-33-35-59-52(36-41)43-26-23-40(24-27-43)14-7-5-6-10-17-44-28-31-48(50-20-11-12-34-58-50)55-53(44)49-30-22-39(2)62-57(49)64-55/h11-13,18-37H,3-10,14-17H2,1-2H3. The fourth-order valence-corrected chi connectivity index (χ4v) is 9.20. The third-order valence-electron chi connectivity index (χ3n) is 12.7. The van der Waals surface area contributed by atoms with Gasteiger partial charge in [0.2, 0.25) is 11.4 Å². The van der Waals surface area contributed by atoms with Crippen LogP contribution in [-0.2, 0) is 25.7 Å². The molecule has 0 aliphatic carbocycles. The van der Waals surface area contributed by atoms with Crippen molar-refractivity contribution in [3.8, 4) is 33.8 Å². The second-order valence-electron chi connectivity index (χ2n) is 17.3. The molecule has 0 saturated carbocycles. The lowest BCUT2D eigenvalue weighted by Gasteiger charge is -2.08. The van der Waals surface area contributed by atoms with Crippen LogP contribution in [0.3, 0.4) is 0 Å². The predicted octanol–water partition coefficient (Wildman–Crippen LogP) is 14.8. The molecule has 7 aromatic heterocycles. The minimum atomic E-state index is 0.680. The summed E-state index contributed by atoms with van der Waals surface area (Å²) in [7, 11) is 0. The number of para-hydroxylation sites is 1. The summed E-state index contributed by atoms with van der Waals surface area (Å²) in [5, 5.41) is 4.38. The van der Waals surface area contributed by atoms with Crippen LogP contribution in [0, 0.1) is 13.8 Å². The zero-order valence-corrected chi connectivity index (χ0v) is 36.8. The Hall–Kier alpha value is -6.99. The SMILES string of the molecule is Cc1ccc2c(n1)oc1c(-c3ccc(CCCCCCc4ccnc(-c5ccc(CCCCCCc6ccc(-c7ccccn7)c7oc8nc(C)ccc8c67)cc5)c4)cn3)cccc12. The second-order valence-corrected chi connectivity index (χ2v) is 17.3. The van der Waals surface area contributed by atoms with Gasteiger partial charge in [-0.1, -0.05) is 80.3 Å². The molecular weight excluding hydrogens is 787 g/mol. The Bertz CT molecular complexity index is 3190. The van der Waals surface area contributed by atoms with Crippen molar-refractivity contribution >= 4 is 44.1 Å². The molecule has 0 radical (unpaired) electrons. The predicted molar refractivity (Wildman–Crippen MR) is 260 cm³/mol. The van der Waals surface area contributed by atoms with Crippen molar-refractivity contribution < 1.29 is 8.83 Å². The average Bonchev–Trinajstić information content (AvgIpc) is 3.90. The first-order chi connectivity index (χ1) is 31.5. The third-order valence-corrected chi connectivity index (χ3v) is 12.7. The number of benzene rings is 3. The van der Waals surface area contributed by atoms with Crippen LogP contribution in [-0.4, -0.2) is 24.9 Å². The van der Waals surface area contributed by atoms with Crippen molar-refractivity contribution in [3.63, 3.8) is 0 Å². The van der Waals surface area contributed by atoms with E-state index in [4.69, 9.17) is 23.8 Å². The Morgan fingerprint density at radius 2 is 1.08 bits per heavy atom. The van der Waals surface area contributed by atoms with Gasteiger partial charge in [0.05, 0.1) is 17.1 Å². The molecule has 0 saturated heterocycles. The maximum Gasteiger partial charge on any atom is 0.227 e. The molecule has 0 amide bonds. The molecule has 318 valence electrons. The molecule has 0 aliphatic heterocycles. The Kier molecular flexibility index (Phi) is 12.0. The van der Waals surface area contributed by atoms with E-state index in [1.807, 2.05) is 56.7 Å². The van der Waals surface area contributed by atoms with Gasteiger partial charge in [-0.05, 0) is 154 Å². The van der Waals surface area contributed by atoms with E-state index in [-0.39, 0.29) is 0 Å². The quantitative estimate of drug-likeness (QED) is 0.0843. The van der Waals surface area contributed by atoms with Gasteiger partial charge in [-0.3, -0.25) is 15.0 Å². The normalized spacial score (nSPS) is 11.7. The number of aryl methyl sites for hydroxylation is 6. The van der Waals surface area contributed by atoms with Gasteiger partial charge in [-0.15, -0.1) is 0 Å². The topological polar surface area (TPSA) is 90.7 Å². The highest BCUT2D eigenvalue weighted by atomic mass is 16.3. The van der Waals surface area contributed by atoms with E-state index in [2.05, 4.69) is 107 Å². The van der Waals surface area contributed by atoms with E-state index in [0.717, 1.165) is 105 Å². The molecule has 7 heteroatoms. The van der Waals surface area contributed by atoms with Gasteiger partial charge in [0, 0.05) is 68.2 Å². The smallest absolute Gasteiger partial charge is 0.227 e. The largest absolute Gasteiger partial charge is 0.437 e. The molecule has 0 N–H and O–H groups in total. The lowest BCUT2D eigenvalue weighted by molar-refractivity contribution is 0.639. The Morgan fingerprint density at radius 1 is 0.422 bits per heavy atom. The summed E-state index contributed by atoms with van der Waals surface area (Å²) in [6, 6.07) is 42.9. The number of hydrogen-bond acceptors (Lipinski definition) is 7. The van der Waals surface area contributed by atoms with Crippen molar-refractivity contribution in [1.29, 1.82) is 0 Å². The fraction of sp³-hybridized carbons (Fsp3) is 0.246. The lowest BCUT2D eigenvalue weighted by Crippen LogP contribution is -1.92. The van der Waals surface area contributed by atoms with Crippen LogP contribution in [0.5, 0.6) is 0 Å². The minimum Gasteiger partial charge on any atom is -0.437 e. The van der Waals surface area contributed by atoms with E-state index in [0.29, 0.717) is 11.4 Å². The highest BCUT2D eigenvalue weighted by Crippen LogP contribution is 2.38. The molecule has 64 heavy (non-hydrogen) atoms. The van der Waals surface area contributed by atoms with Crippen molar-refractivity contribution in [3.05, 3.63) is 174 Å². The molecule has 7 heterocycles. The molecule has 0 spiro atoms. The van der Waals surface area contributed by atoms with E-state index < -0.39 is 0 Å². The van der Waals surface area contributed by atoms with E-state index >= 15 is 0 Å². The molecule has 0 unspecified atom stereocenters. The van der Waals surface area contributed by atoms with Crippen molar-refractivity contribution in [2.24, 2.45) is 0 Å². The van der Waals surface area contributed by atoms with Crippen LogP contribution in [0.15, 0.2) is 149 Å². The monoisotopic (exact) mass is 839 g/mol. The van der Waals surface area contributed by atoms with Gasteiger partial charge >= 0.3 is 0 Å². The average molecular weight is 840 g/mol. The Morgan fingerprint density at radius 3 is 1.83 bits per heavy atom. The number of hydrogen-bond donors (Lipinski definition) is 0. The van der Waals surface area contributed by atoms with E-state index in [9.17, 15) is 0 Å². The van der Waals surface area contributed by atoms with E-state index in [1.54, 1.807) is 0 Å². The first-order valence-electron chi connectivity index (χ1n) is 23.1. The zero-order chi connectivity index (χ0) is 43.2. The molecule has 3 aromatic carbocycles. The zero-order valence-electron chi connectivity index (χ0n) is 36.8. The first kappa shape index (κ1) is 41.0. The van der Waals surface area contributed by atoms with Crippen LogP contribution in [0.25, 0.3) is 77.9 Å². The molecule has 0 aliphatic rings. The minimum absolute atomic E-state index is 0.680. The summed E-state index contributed by atoms with van der Waals surface area (Å²) in [6.45, 7) is 3.99. The molecule has 10 rings (SSSR count). The Balaban J connectivity index is 0.657. The van der Waals surface area contributed by atoms with Crippen molar-refractivity contribution in [1.82, 2.24) is 24.9 Å². The molecule has 0 bridgehead atoms. The van der Waals surface area contributed by atoms with Crippen LogP contribution in [0.1, 0.15) is 85.0 Å². The highest BCUT2D eigenvalue weighted by molar-refractivity contribution is 6.10. The van der Waals surface area contributed by atoms with Gasteiger partial charge in [-0.25, -0.2) is 9.97 Å². The molecular formula is C57H53N5O2. The first-order valence-corrected chi connectivity index (χ1v) is 23.1. The van der Waals surface area contributed by atoms with E-state index in [1.165, 1.54) is 71.7 Å². The van der Waals surface area contributed by atoms with Crippen LogP contribution in [0.2, 0.25) is 0 Å². The number of rotatable bonds is 17. The van der Waals surface area contributed by atoms with Gasteiger partial charge in [0.25, 0.3) is 0 Å². The third kappa shape index (κ3) is 8.94. The van der Waals surface area contributed by atoms with Crippen molar-refractivity contribution in [2.45, 2.75) is 90.9 Å². The van der Waals surface area contributed by atoms with Gasteiger partial charge < -0.3 is 8.83 Å². The number of nitrogens with zero attached hydrogens (tertiary/aromatic N) is 5. The fourth-order valence-electron chi connectivity index (χ4n) is 9.20. The summed E-state index contributed by atoms with van der Waals surface area (Å²) < 4.78 is 12.6. The maximum absolute atomic E-state index is 6.40. The van der Waals surface area contributed by atoms with Gasteiger partial charge in [0.15, 0.2) is 0 Å². The van der Waals surface area contributed by atoms with Crippen LogP contribution >= 0.6 is 0 Å². The summed E-state index contributed by atoms with van der Waals surface area (Å²) in [5.74, 6) is 0. The molecule has 0 atom stereocenters. The maximum atomic E-state index is 6.40. The summed E-state index contributed by atoms with van der Waals surface area (Å²) >= 11 is 0. The van der Waals surface area contributed by atoms with Gasteiger partial charge in [-0.2, -0.15) is 0 Å². The van der Waals surface area contributed by atoms with Gasteiger partial charge in [0.1, 0.15) is 11.2 Å². The summed E-state index contributed by atoms with van der Waals surface area (Å²) in [5.41, 5.74) is 16.5. The molecule has 7 nitrogen and oxygen atoms in total. The summed E-state index contributed by atoms with van der Waals surface area (Å²) in [4.78, 5) is 23.5.